The standard InChI is InChI=1S/H85P83/c1-44(2)67(45(3)4)77(64(41)42)80(72(54(21)22)55(23)24)66(81(82(73(56(25)26)57(27)28)74(58(29)30)59(31)32)83(75(60(33)34)61(35)36)76(62(37)38)63(39)40)43-65(78(68(46(5)6)47(7)8)69(48(9)10)49(11)12)79(70(50(13)14)51(15)16)71(52(17)18)53(19)20/h43H,1-42H2. The minimum atomic E-state index is -0.418. The van der Waals surface area contributed by atoms with Crippen LogP contribution in [0.1, 0.15) is 0 Å². The van der Waals surface area contributed by atoms with E-state index in [1.807, 2.05) is 0 Å². The molecule has 0 nitrogen and oxygen atoms in total. The molecule has 0 amide bonds. The minimum absolute atomic E-state index is 0.246. The Morgan fingerprint density at radius 1 is 0.0964 bits per heavy atom. The summed E-state index contributed by atoms with van der Waals surface area (Å²) in [6.45, 7) is -12.6. The summed E-state index contributed by atoms with van der Waals surface area (Å²) in [7, 11) is 155. The number of rotatable bonds is 40. The van der Waals surface area contributed by atoms with Gasteiger partial charge in [-0.15, -0.1) is 375 Å². The zero-order valence-corrected chi connectivity index (χ0v) is 128. The smallest absolute Gasteiger partial charge is 0.000359 e. The Labute approximate surface area is 652 Å². The second-order valence-electron chi connectivity index (χ2n) is 13.2. The summed E-state index contributed by atoms with van der Waals surface area (Å²) in [5.41, 5.74) is 0. The van der Waals surface area contributed by atoms with E-state index in [4.69, 9.17) is 0 Å². The van der Waals surface area contributed by atoms with Gasteiger partial charge < -0.3 is 0 Å². The molecular formula is H85P83. The van der Waals surface area contributed by atoms with E-state index < -0.39 is 14.0 Å². The van der Waals surface area contributed by atoms with Crippen molar-refractivity contribution < 1.29 is 0 Å². The number of hydrogen-bond acceptors (Lipinski definition) is 0. The van der Waals surface area contributed by atoms with Gasteiger partial charge in [-0.05, 0) is 287 Å². The van der Waals surface area contributed by atoms with Crippen molar-refractivity contribution in [2.75, 3.05) is 0 Å². The van der Waals surface area contributed by atoms with Crippen molar-refractivity contribution in [3.8, 4) is 0 Å². The summed E-state index contributed by atoms with van der Waals surface area (Å²) in [6.07, 6.45) is 0. The lowest BCUT2D eigenvalue weighted by molar-refractivity contribution is 4.34. The van der Waals surface area contributed by atoms with E-state index in [2.05, 4.69) is 375 Å². The molecule has 0 aliphatic carbocycles. The predicted molar refractivity (Wildman–Crippen MR) is 693 cm³/mol. The van der Waals surface area contributed by atoms with Gasteiger partial charge in [-0.3, -0.25) is 0 Å². The third-order valence-electron chi connectivity index (χ3n) is 7.27. The van der Waals surface area contributed by atoms with E-state index in [-0.39, 0.29) is 266 Å². The van der Waals surface area contributed by atoms with Crippen LogP contribution in [0.25, 0.3) is 0 Å². The molecule has 0 rings (SSSR count). The normalized spacial score (nSPS) is 15.8. The topological polar surface area (TPSA) is 0 Å². The van der Waals surface area contributed by atoms with Crippen molar-refractivity contribution >= 4 is 662 Å². The molecule has 0 N–H and O–H groups in total. The Kier molecular flexibility index (Phi) is 93.3. The van der Waals surface area contributed by atoms with Crippen molar-refractivity contribution in [2.24, 2.45) is 0 Å². The van der Waals surface area contributed by atoms with Crippen LogP contribution in [0.3, 0.4) is 0 Å². The van der Waals surface area contributed by atoms with Crippen LogP contribution in [0.15, 0.2) is 0 Å². The first-order chi connectivity index (χ1) is 37.7. The molecule has 0 saturated heterocycles. The molecule has 0 aromatic heterocycles. The lowest BCUT2D eigenvalue weighted by Gasteiger charge is -2.59. The first kappa shape index (κ1) is 119. The van der Waals surface area contributed by atoms with Gasteiger partial charge in [0.2, 0.25) is 0 Å². The van der Waals surface area contributed by atoms with Crippen molar-refractivity contribution in [1.29, 1.82) is 0 Å². The highest BCUT2D eigenvalue weighted by molar-refractivity contribution is 9.55. The Bertz CT molecular complexity index is 1380. The summed E-state index contributed by atoms with van der Waals surface area (Å²) in [4.78, 5) is 0. The second-order valence-corrected chi connectivity index (χ2v) is 357. The second kappa shape index (κ2) is 65.3. The zero-order chi connectivity index (χ0) is 65.8. The molecule has 0 spiro atoms. The number of hydrogen-bond donors (Lipinski definition) is 0. The van der Waals surface area contributed by atoms with Crippen LogP contribution >= 0.6 is 662 Å². The van der Waals surface area contributed by atoms with E-state index in [0.29, 0.717) is 0 Å². The first-order valence-corrected chi connectivity index (χ1v) is 170. The van der Waals surface area contributed by atoms with Crippen molar-refractivity contribution in [3.63, 3.8) is 0 Å². The lowest BCUT2D eigenvalue weighted by atomic mass is 28.4. The van der Waals surface area contributed by atoms with Gasteiger partial charge in [0.25, 0.3) is 0 Å². The molecule has 46 unspecified atom stereocenters. The molecule has 0 heterocycles. The zero-order valence-electron chi connectivity index (χ0n) is 42.6. The van der Waals surface area contributed by atoms with Crippen LogP contribution in [-0.4, -0.2) is 0 Å². The Balaban J connectivity index is 12.3. The van der Waals surface area contributed by atoms with Crippen molar-refractivity contribution in [2.45, 2.75) is 0 Å². The van der Waals surface area contributed by atoms with E-state index in [9.17, 15) is 0 Å². The van der Waals surface area contributed by atoms with E-state index in [1.165, 1.54) is 7.96 Å². The summed E-state index contributed by atoms with van der Waals surface area (Å²) >= 11 is 0. The fraction of sp³-hybridized carbons (Fsp3) is 0. The van der Waals surface area contributed by atoms with E-state index in [1.54, 1.807) is 0 Å². The summed E-state index contributed by atoms with van der Waals surface area (Å²) in [5.74, 6) is 0. The quantitative estimate of drug-likeness (QED) is 0.0537. The molecule has 0 fully saturated rings. The maximum Gasteiger partial charge on any atom is -0.000359 e. The third kappa shape index (κ3) is 42.9. The highest BCUT2D eigenvalue weighted by atomic mass is 33.6. The third-order valence-corrected chi connectivity index (χ3v) is 589. The van der Waals surface area contributed by atoms with Gasteiger partial charge in [-0.2, -0.15) is 0 Å². The molecule has 0 bridgehead atoms. The predicted octanol–water partition coefficient (Wildman–Crippen LogP) is 48.7. The van der Waals surface area contributed by atoms with Gasteiger partial charge >= 0.3 is 0 Å². The molecule has 500 valence electrons. The molecule has 0 aromatic rings. The maximum absolute atomic E-state index is 3.76. The first-order valence-electron chi connectivity index (χ1n) is 18.9. The van der Waals surface area contributed by atoms with Crippen LogP contribution in [0.4, 0.5) is 0 Å². The Hall–Kier alpha value is 35.7. The molecule has 83 heavy (non-hydrogen) atoms. The van der Waals surface area contributed by atoms with Crippen LogP contribution < -0.4 is 0 Å². The fourth-order valence-electron chi connectivity index (χ4n) is 5.00. The van der Waals surface area contributed by atoms with Crippen LogP contribution in [-0.2, 0) is 0 Å². The van der Waals surface area contributed by atoms with Gasteiger partial charge in [-0.1, -0.05) is 0 Å². The largest absolute Gasteiger partial charge is 0.102 e. The highest BCUT2D eigenvalue weighted by Gasteiger charge is 2.61. The molecule has 0 saturated carbocycles. The van der Waals surface area contributed by atoms with Crippen LogP contribution in [0.2, 0.25) is 0 Å². The molecule has 0 aliphatic heterocycles. The van der Waals surface area contributed by atoms with Gasteiger partial charge in [0, 0.05) is 0 Å². The monoisotopic (exact) mass is 2660 g/mol. The van der Waals surface area contributed by atoms with Crippen LogP contribution in [0, 0.1) is 0 Å². The Morgan fingerprint density at radius 3 is 0.301 bits per heavy atom. The van der Waals surface area contributed by atoms with Gasteiger partial charge in [0.1, 0.15) is 0 Å². The Morgan fingerprint density at radius 2 is 0.181 bits per heavy atom. The molecule has 0 aromatic carbocycles. The minimum Gasteiger partial charge on any atom is -0.102 e. The molecule has 0 aliphatic rings. The highest BCUT2D eigenvalue weighted by Crippen LogP contribution is 3.49. The summed E-state index contributed by atoms with van der Waals surface area (Å²) < 4.78 is 0. The van der Waals surface area contributed by atoms with Crippen molar-refractivity contribution in [1.82, 2.24) is 0 Å². The van der Waals surface area contributed by atoms with Crippen LogP contribution in [0.5, 0.6) is 0 Å². The average Bonchev–Trinajstić information content (AvgIpc) is 3.25. The van der Waals surface area contributed by atoms with Gasteiger partial charge in [0.05, 0.1) is 0 Å². The van der Waals surface area contributed by atoms with Crippen molar-refractivity contribution in [3.05, 3.63) is 0 Å². The van der Waals surface area contributed by atoms with Gasteiger partial charge in [0.15, 0.2) is 0 Å². The summed E-state index contributed by atoms with van der Waals surface area (Å²) in [6, 6.07) is 0. The molecule has 83 heteroatoms. The average molecular weight is 2660 g/mol. The van der Waals surface area contributed by atoms with Gasteiger partial charge in [-0.25, -0.2) is 0 Å². The summed E-state index contributed by atoms with van der Waals surface area (Å²) in [5, 5.41) is 0. The lowest BCUT2D eigenvalue weighted by Crippen LogP contribution is -1.72. The fourth-order valence-corrected chi connectivity index (χ4v) is 1220. The molecule has 46 atom stereocenters. The molecular weight excluding hydrogens is 2570 g/mol. The molecule has 0 radical (unpaired) electrons. The maximum atomic E-state index is 3.76. The van der Waals surface area contributed by atoms with E-state index >= 15 is 0 Å². The van der Waals surface area contributed by atoms with E-state index in [0.717, 1.165) is 0 Å². The SMILES string of the molecule is PP(P)P(P(P)P)P(P(P)P)P(P(PP(P(P(P(P)P)P(P)P)P(P(P)P)P(P)P)P(P(P(P)P)P(P)P)P(P(P)P)P(P)P)P(P(P(P(P)P)P(P)P)P(P(P)P)P(P)P)P(P(P(P)P)P(P)P)P(P(P)P)P(P)P)P(P(P)P)P(P)P.